The Balaban J connectivity index is 1.52. The third kappa shape index (κ3) is 3.99. The largest absolute Gasteiger partial charge is 0.493 e. The molecular weight excluding hydrogens is 318 g/mol. The molecule has 0 radical (unpaired) electrons. The monoisotopic (exact) mass is 339 g/mol. The Morgan fingerprint density at radius 1 is 1.20 bits per heavy atom. The maximum absolute atomic E-state index is 12.2. The summed E-state index contributed by atoms with van der Waals surface area (Å²) in [6.07, 6.45) is 0.947. The van der Waals surface area contributed by atoms with Crippen molar-refractivity contribution < 1.29 is 19.4 Å². The van der Waals surface area contributed by atoms with Crippen LogP contribution in [0.5, 0.6) is 5.75 Å². The molecule has 5 heteroatoms. The van der Waals surface area contributed by atoms with Gasteiger partial charge in [-0.3, -0.25) is 4.79 Å². The van der Waals surface area contributed by atoms with Gasteiger partial charge in [-0.25, -0.2) is 4.79 Å². The molecule has 25 heavy (non-hydrogen) atoms. The highest BCUT2D eigenvalue weighted by molar-refractivity contribution is 5.87. The summed E-state index contributed by atoms with van der Waals surface area (Å²) < 4.78 is 5.67. The highest BCUT2D eigenvalue weighted by atomic mass is 16.5. The zero-order chi connectivity index (χ0) is 17.8. The zero-order valence-electron chi connectivity index (χ0n) is 14.1. The van der Waals surface area contributed by atoms with Crippen molar-refractivity contribution in [2.45, 2.75) is 31.7 Å². The number of amides is 1. The van der Waals surface area contributed by atoms with Gasteiger partial charge in [-0.2, -0.15) is 0 Å². The van der Waals surface area contributed by atoms with Crippen molar-refractivity contribution in [3.05, 3.63) is 65.2 Å². The average Bonchev–Trinajstić information content (AvgIpc) is 3.04. The molecule has 0 unspecified atom stereocenters. The highest BCUT2D eigenvalue weighted by Gasteiger charge is 2.29. The lowest BCUT2D eigenvalue weighted by Crippen LogP contribution is -2.37. The van der Waals surface area contributed by atoms with Gasteiger partial charge in [0.25, 0.3) is 0 Å². The molecular formula is C20H21NO4. The molecule has 1 amide bonds. The second kappa shape index (κ2) is 7.38. The first kappa shape index (κ1) is 17.0. The minimum absolute atomic E-state index is 0.00876. The van der Waals surface area contributed by atoms with E-state index in [0.717, 1.165) is 16.9 Å². The molecule has 5 nitrogen and oxygen atoms in total. The number of carboxylic acid groups (broad SMARTS) is 1. The van der Waals surface area contributed by atoms with Gasteiger partial charge < -0.3 is 15.2 Å². The SMILES string of the molecule is C[C@H](NC(=O)CCc1ccc(C(=O)O)cc1)[C@@H]1COc2ccccc21. The van der Waals surface area contributed by atoms with Crippen LogP contribution in [0, 0.1) is 0 Å². The molecule has 2 atom stereocenters. The Labute approximate surface area is 146 Å². The van der Waals surface area contributed by atoms with E-state index in [1.54, 1.807) is 24.3 Å². The molecule has 3 rings (SSSR count). The van der Waals surface area contributed by atoms with Crippen molar-refractivity contribution in [1.29, 1.82) is 0 Å². The number of para-hydroxylation sites is 1. The van der Waals surface area contributed by atoms with Gasteiger partial charge in [0.1, 0.15) is 5.75 Å². The van der Waals surface area contributed by atoms with Gasteiger partial charge in [0.15, 0.2) is 0 Å². The fraction of sp³-hybridized carbons (Fsp3) is 0.300. The zero-order valence-corrected chi connectivity index (χ0v) is 14.1. The molecule has 0 spiro atoms. The fourth-order valence-electron chi connectivity index (χ4n) is 3.10. The molecule has 1 heterocycles. The van der Waals surface area contributed by atoms with E-state index in [-0.39, 0.29) is 23.4 Å². The van der Waals surface area contributed by atoms with Crippen LogP contribution in [-0.2, 0) is 11.2 Å². The van der Waals surface area contributed by atoms with E-state index in [4.69, 9.17) is 9.84 Å². The molecule has 0 fully saturated rings. The number of rotatable bonds is 6. The van der Waals surface area contributed by atoms with Crippen LogP contribution in [0.25, 0.3) is 0 Å². The van der Waals surface area contributed by atoms with E-state index >= 15 is 0 Å². The molecule has 0 aromatic heterocycles. The number of fused-ring (bicyclic) bond motifs is 1. The van der Waals surface area contributed by atoms with E-state index in [1.165, 1.54) is 0 Å². The minimum atomic E-state index is -0.947. The molecule has 1 aliphatic heterocycles. The third-order valence-electron chi connectivity index (χ3n) is 4.57. The molecule has 2 aromatic carbocycles. The molecule has 2 aromatic rings. The molecule has 2 N–H and O–H groups in total. The van der Waals surface area contributed by atoms with E-state index in [2.05, 4.69) is 5.32 Å². The van der Waals surface area contributed by atoms with E-state index in [1.807, 2.05) is 31.2 Å². The molecule has 0 aliphatic carbocycles. The Bertz CT molecular complexity index is 770. The summed E-state index contributed by atoms with van der Waals surface area (Å²) in [5.41, 5.74) is 2.34. The van der Waals surface area contributed by atoms with Crippen LogP contribution in [0.15, 0.2) is 48.5 Å². The average molecular weight is 339 g/mol. The van der Waals surface area contributed by atoms with Crippen LogP contribution < -0.4 is 10.1 Å². The minimum Gasteiger partial charge on any atom is -0.493 e. The van der Waals surface area contributed by atoms with Crippen LogP contribution in [-0.4, -0.2) is 29.6 Å². The van der Waals surface area contributed by atoms with Crippen molar-refractivity contribution in [2.75, 3.05) is 6.61 Å². The summed E-state index contributed by atoms with van der Waals surface area (Å²) in [5.74, 6) is 0.0958. The number of hydrogen-bond acceptors (Lipinski definition) is 3. The molecule has 0 saturated heterocycles. The van der Waals surface area contributed by atoms with Crippen molar-refractivity contribution in [3.63, 3.8) is 0 Å². The van der Waals surface area contributed by atoms with Crippen LogP contribution in [0.3, 0.4) is 0 Å². The Kier molecular flexibility index (Phi) is 5.03. The van der Waals surface area contributed by atoms with Crippen LogP contribution >= 0.6 is 0 Å². The topological polar surface area (TPSA) is 75.6 Å². The first-order valence-electron chi connectivity index (χ1n) is 8.38. The predicted molar refractivity (Wildman–Crippen MR) is 94.0 cm³/mol. The second-order valence-electron chi connectivity index (χ2n) is 6.31. The molecule has 0 bridgehead atoms. The summed E-state index contributed by atoms with van der Waals surface area (Å²) in [4.78, 5) is 23.1. The second-order valence-corrected chi connectivity index (χ2v) is 6.31. The van der Waals surface area contributed by atoms with Gasteiger partial charge in [-0.05, 0) is 37.1 Å². The summed E-state index contributed by atoms with van der Waals surface area (Å²) >= 11 is 0. The lowest BCUT2D eigenvalue weighted by Gasteiger charge is -2.20. The molecule has 0 saturated carbocycles. The van der Waals surface area contributed by atoms with E-state index < -0.39 is 5.97 Å². The third-order valence-corrected chi connectivity index (χ3v) is 4.57. The lowest BCUT2D eigenvalue weighted by atomic mass is 9.94. The standard InChI is InChI=1S/C20H21NO4/c1-13(17-12-25-18-5-3-2-4-16(17)18)21-19(22)11-8-14-6-9-15(10-7-14)20(23)24/h2-7,9-10,13,17H,8,11-12H2,1H3,(H,21,22)(H,23,24)/t13-,17-/m0/s1. The number of nitrogens with one attached hydrogen (secondary N) is 1. The van der Waals surface area contributed by atoms with E-state index in [9.17, 15) is 9.59 Å². The highest BCUT2D eigenvalue weighted by Crippen LogP contribution is 2.35. The van der Waals surface area contributed by atoms with Crippen LogP contribution in [0.4, 0.5) is 0 Å². The number of carbonyl (C=O) groups excluding carboxylic acids is 1. The number of carboxylic acids is 1. The number of hydrogen-bond donors (Lipinski definition) is 2. The molecule has 1 aliphatic rings. The van der Waals surface area contributed by atoms with Gasteiger partial charge in [-0.1, -0.05) is 30.3 Å². The van der Waals surface area contributed by atoms with Crippen molar-refractivity contribution in [2.24, 2.45) is 0 Å². The summed E-state index contributed by atoms with van der Waals surface area (Å²) in [5, 5.41) is 11.9. The maximum Gasteiger partial charge on any atom is 0.335 e. The van der Waals surface area contributed by atoms with Crippen molar-refractivity contribution in [3.8, 4) is 5.75 Å². The van der Waals surface area contributed by atoms with Gasteiger partial charge in [0, 0.05) is 23.9 Å². The molecule has 130 valence electrons. The van der Waals surface area contributed by atoms with Crippen molar-refractivity contribution >= 4 is 11.9 Å². The van der Waals surface area contributed by atoms with Gasteiger partial charge in [0.05, 0.1) is 12.2 Å². The van der Waals surface area contributed by atoms with E-state index in [0.29, 0.717) is 19.4 Å². The number of benzene rings is 2. The number of ether oxygens (including phenoxy) is 1. The maximum atomic E-state index is 12.2. The van der Waals surface area contributed by atoms with Gasteiger partial charge in [-0.15, -0.1) is 0 Å². The van der Waals surface area contributed by atoms with Gasteiger partial charge in [0.2, 0.25) is 5.91 Å². The summed E-state index contributed by atoms with van der Waals surface area (Å²) in [6, 6.07) is 14.5. The number of carbonyl (C=O) groups is 2. The van der Waals surface area contributed by atoms with Crippen LogP contribution in [0.2, 0.25) is 0 Å². The smallest absolute Gasteiger partial charge is 0.335 e. The summed E-state index contributed by atoms with van der Waals surface area (Å²) in [6.45, 7) is 2.58. The Morgan fingerprint density at radius 2 is 1.92 bits per heavy atom. The quantitative estimate of drug-likeness (QED) is 0.848. The normalized spacial score (nSPS) is 16.6. The van der Waals surface area contributed by atoms with Gasteiger partial charge >= 0.3 is 5.97 Å². The Morgan fingerprint density at radius 3 is 2.64 bits per heavy atom. The predicted octanol–water partition coefficient (Wildman–Crippen LogP) is 3.00. The first-order valence-corrected chi connectivity index (χ1v) is 8.38. The fourth-order valence-corrected chi connectivity index (χ4v) is 3.10. The lowest BCUT2D eigenvalue weighted by molar-refractivity contribution is -0.121. The first-order chi connectivity index (χ1) is 12.0. The number of aromatic carboxylic acids is 1. The number of aryl methyl sites for hydroxylation is 1. The Hall–Kier alpha value is -2.82. The van der Waals surface area contributed by atoms with Crippen LogP contribution in [0.1, 0.15) is 40.7 Å². The summed E-state index contributed by atoms with van der Waals surface area (Å²) in [7, 11) is 0. The van der Waals surface area contributed by atoms with Crippen molar-refractivity contribution in [1.82, 2.24) is 5.32 Å².